The van der Waals surface area contributed by atoms with Crippen molar-refractivity contribution in [3.8, 4) is 0 Å². The Morgan fingerprint density at radius 1 is 1.11 bits per heavy atom. The van der Waals surface area contributed by atoms with Crippen LogP contribution in [-0.4, -0.2) is 6.54 Å². The van der Waals surface area contributed by atoms with E-state index in [0.717, 1.165) is 34.6 Å². The van der Waals surface area contributed by atoms with E-state index in [-0.39, 0.29) is 0 Å². The third-order valence-electron chi connectivity index (χ3n) is 3.78. The maximum Gasteiger partial charge on any atom is 0.0451 e. The van der Waals surface area contributed by atoms with Crippen molar-refractivity contribution in [2.45, 2.75) is 45.1 Å². The first-order valence-corrected chi connectivity index (χ1v) is 7.66. The largest absolute Gasteiger partial charge is 0.313 e. The summed E-state index contributed by atoms with van der Waals surface area (Å²) in [5.41, 5.74) is 1.09. The highest BCUT2D eigenvalue weighted by atomic mass is 35.5. The monoisotopic (exact) mass is 285 g/mol. The van der Waals surface area contributed by atoms with Crippen molar-refractivity contribution in [3.63, 3.8) is 0 Å². The van der Waals surface area contributed by atoms with Gasteiger partial charge in [-0.3, -0.25) is 0 Å². The summed E-state index contributed by atoms with van der Waals surface area (Å²) >= 11 is 12.1. The highest BCUT2D eigenvalue weighted by Gasteiger charge is 2.12. The van der Waals surface area contributed by atoms with Gasteiger partial charge in [-0.25, -0.2) is 0 Å². The van der Waals surface area contributed by atoms with Gasteiger partial charge in [0.25, 0.3) is 0 Å². The zero-order chi connectivity index (χ0) is 12.8. The van der Waals surface area contributed by atoms with Crippen molar-refractivity contribution in [2.75, 3.05) is 6.54 Å². The third-order valence-corrected chi connectivity index (χ3v) is 4.38. The zero-order valence-corrected chi connectivity index (χ0v) is 12.2. The molecule has 0 bridgehead atoms. The summed E-state index contributed by atoms with van der Waals surface area (Å²) in [6.45, 7) is 1.89. The second-order valence-electron chi connectivity index (χ2n) is 5.21. The molecule has 0 saturated heterocycles. The Labute approximate surface area is 120 Å². The summed E-state index contributed by atoms with van der Waals surface area (Å²) in [7, 11) is 0. The van der Waals surface area contributed by atoms with Crippen LogP contribution in [0.15, 0.2) is 18.2 Å². The summed E-state index contributed by atoms with van der Waals surface area (Å²) < 4.78 is 0. The lowest BCUT2D eigenvalue weighted by molar-refractivity contribution is 0.334. The number of halogens is 2. The molecule has 1 nitrogen and oxygen atoms in total. The number of hydrogen-bond donors (Lipinski definition) is 1. The molecule has 0 radical (unpaired) electrons. The molecule has 0 atom stereocenters. The predicted molar refractivity (Wildman–Crippen MR) is 79.4 cm³/mol. The van der Waals surface area contributed by atoms with Crippen molar-refractivity contribution >= 4 is 23.2 Å². The van der Waals surface area contributed by atoms with Crippen LogP contribution < -0.4 is 5.32 Å². The molecule has 1 aliphatic rings. The molecule has 100 valence electrons. The maximum atomic E-state index is 6.13. The van der Waals surface area contributed by atoms with Gasteiger partial charge in [0.15, 0.2) is 0 Å². The van der Waals surface area contributed by atoms with Gasteiger partial charge < -0.3 is 5.32 Å². The molecule has 1 N–H and O–H groups in total. The molecule has 0 spiro atoms. The Balaban J connectivity index is 1.69. The van der Waals surface area contributed by atoms with E-state index in [1.165, 1.54) is 38.5 Å². The topological polar surface area (TPSA) is 12.0 Å². The highest BCUT2D eigenvalue weighted by Crippen LogP contribution is 2.26. The Hall–Kier alpha value is -0.240. The average molecular weight is 286 g/mol. The molecule has 0 aliphatic heterocycles. The van der Waals surface area contributed by atoms with Crippen LogP contribution in [0.25, 0.3) is 0 Å². The first-order chi connectivity index (χ1) is 8.75. The van der Waals surface area contributed by atoms with Crippen LogP contribution in [0.1, 0.15) is 44.1 Å². The van der Waals surface area contributed by atoms with Crippen LogP contribution in [0, 0.1) is 5.92 Å². The first kappa shape index (κ1) is 14.2. The van der Waals surface area contributed by atoms with Gasteiger partial charge in [-0.05, 0) is 42.6 Å². The molecule has 1 aromatic rings. The van der Waals surface area contributed by atoms with E-state index in [1.54, 1.807) is 0 Å². The molecule has 1 aromatic carbocycles. The van der Waals surface area contributed by atoms with Gasteiger partial charge in [0.2, 0.25) is 0 Å². The van der Waals surface area contributed by atoms with Crippen molar-refractivity contribution < 1.29 is 0 Å². The molecule has 1 saturated carbocycles. The maximum absolute atomic E-state index is 6.13. The van der Waals surface area contributed by atoms with E-state index < -0.39 is 0 Å². The summed E-state index contributed by atoms with van der Waals surface area (Å²) in [4.78, 5) is 0. The van der Waals surface area contributed by atoms with Gasteiger partial charge in [-0.15, -0.1) is 0 Å². The second kappa shape index (κ2) is 7.37. The normalized spacial score (nSPS) is 17.0. The van der Waals surface area contributed by atoms with E-state index in [0.29, 0.717) is 0 Å². The fraction of sp³-hybridized carbons (Fsp3) is 0.600. The zero-order valence-electron chi connectivity index (χ0n) is 10.7. The minimum atomic E-state index is 0.753. The summed E-state index contributed by atoms with van der Waals surface area (Å²) in [6.07, 6.45) is 8.40. The molecular weight excluding hydrogens is 265 g/mol. The SMILES string of the molecule is Clc1ccc(Cl)c(CNCCC2CCCCC2)c1. The lowest BCUT2D eigenvalue weighted by Gasteiger charge is -2.21. The predicted octanol–water partition coefficient (Wildman–Crippen LogP) is 5.05. The lowest BCUT2D eigenvalue weighted by Crippen LogP contribution is -2.19. The van der Waals surface area contributed by atoms with E-state index in [4.69, 9.17) is 23.2 Å². The molecule has 0 aromatic heterocycles. The first-order valence-electron chi connectivity index (χ1n) is 6.90. The quantitative estimate of drug-likeness (QED) is 0.746. The molecule has 1 fully saturated rings. The lowest BCUT2D eigenvalue weighted by atomic mass is 9.87. The van der Waals surface area contributed by atoms with E-state index in [9.17, 15) is 0 Å². The number of nitrogens with one attached hydrogen (secondary N) is 1. The smallest absolute Gasteiger partial charge is 0.0451 e. The van der Waals surface area contributed by atoms with Gasteiger partial charge >= 0.3 is 0 Å². The Kier molecular flexibility index (Phi) is 5.81. The molecular formula is C15H21Cl2N. The number of hydrogen-bond acceptors (Lipinski definition) is 1. The van der Waals surface area contributed by atoms with E-state index in [2.05, 4.69) is 5.32 Å². The summed E-state index contributed by atoms with van der Waals surface area (Å²) in [5, 5.41) is 5.02. The molecule has 18 heavy (non-hydrogen) atoms. The third kappa shape index (κ3) is 4.46. The molecule has 0 heterocycles. The Morgan fingerprint density at radius 2 is 1.89 bits per heavy atom. The van der Waals surface area contributed by atoms with Crippen LogP contribution in [-0.2, 0) is 6.54 Å². The van der Waals surface area contributed by atoms with E-state index in [1.807, 2.05) is 18.2 Å². The highest BCUT2D eigenvalue weighted by molar-refractivity contribution is 6.33. The van der Waals surface area contributed by atoms with Gasteiger partial charge in [0.05, 0.1) is 0 Å². The van der Waals surface area contributed by atoms with Gasteiger partial charge in [0, 0.05) is 16.6 Å². The van der Waals surface area contributed by atoms with Crippen molar-refractivity contribution in [2.24, 2.45) is 5.92 Å². The average Bonchev–Trinajstić information content (AvgIpc) is 2.40. The van der Waals surface area contributed by atoms with Gasteiger partial charge in [-0.2, -0.15) is 0 Å². The molecule has 0 unspecified atom stereocenters. The minimum Gasteiger partial charge on any atom is -0.313 e. The fourth-order valence-electron chi connectivity index (χ4n) is 2.68. The van der Waals surface area contributed by atoms with Crippen molar-refractivity contribution in [1.29, 1.82) is 0 Å². The molecule has 2 rings (SSSR count). The molecule has 0 amide bonds. The van der Waals surface area contributed by atoms with Crippen LogP contribution in [0.4, 0.5) is 0 Å². The molecule has 1 aliphatic carbocycles. The second-order valence-corrected chi connectivity index (χ2v) is 6.05. The fourth-order valence-corrected chi connectivity index (χ4v) is 3.06. The summed E-state index contributed by atoms with van der Waals surface area (Å²) in [5.74, 6) is 0.932. The van der Waals surface area contributed by atoms with Crippen LogP contribution in [0.5, 0.6) is 0 Å². The molecule has 3 heteroatoms. The van der Waals surface area contributed by atoms with Crippen LogP contribution >= 0.6 is 23.2 Å². The van der Waals surface area contributed by atoms with Gasteiger partial charge in [-0.1, -0.05) is 55.3 Å². The number of rotatable bonds is 5. The van der Waals surface area contributed by atoms with Crippen molar-refractivity contribution in [1.82, 2.24) is 5.32 Å². The van der Waals surface area contributed by atoms with E-state index >= 15 is 0 Å². The summed E-state index contributed by atoms with van der Waals surface area (Å²) in [6, 6.07) is 5.63. The minimum absolute atomic E-state index is 0.753. The van der Waals surface area contributed by atoms with Crippen LogP contribution in [0.2, 0.25) is 10.0 Å². The number of benzene rings is 1. The van der Waals surface area contributed by atoms with Crippen LogP contribution in [0.3, 0.4) is 0 Å². The Bertz CT molecular complexity index is 373. The Morgan fingerprint density at radius 3 is 2.67 bits per heavy atom. The van der Waals surface area contributed by atoms with Gasteiger partial charge in [0.1, 0.15) is 0 Å². The van der Waals surface area contributed by atoms with Crippen molar-refractivity contribution in [3.05, 3.63) is 33.8 Å². The standard InChI is InChI=1S/C15H21Cl2N/c16-14-6-7-15(17)13(10-14)11-18-9-8-12-4-2-1-3-5-12/h6-7,10,12,18H,1-5,8-9,11H2.